The van der Waals surface area contributed by atoms with Crippen LogP contribution in [-0.4, -0.2) is 11.8 Å². The summed E-state index contributed by atoms with van der Waals surface area (Å²) in [6.45, 7) is 1.97. The van der Waals surface area contributed by atoms with Crippen LogP contribution in [-0.2, 0) is 11.2 Å². The van der Waals surface area contributed by atoms with E-state index >= 15 is 0 Å². The van der Waals surface area contributed by atoms with Crippen LogP contribution < -0.4 is 11.1 Å². The van der Waals surface area contributed by atoms with Crippen LogP contribution in [0.15, 0.2) is 5.18 Å². The van der Waals surface area contributed by atoms with Crippen LogP contribution in [0.5, 0.6) is 0 Å². The molecule has 0 aromatic carbocycles. The molecule has 2 aliphatic carbocycles. The summed E-state index contributed by atoms with van der Waals surface area (Å²) in [6, 6.07) is -0.455. The fourth-order valence-corrected chi connectivity index (χ4v) is 4.24. The molecule has 1 aromatic rings. The van der Waals surface area contributed by atoms with Gasteiger partial charge in [0.05, 0.1) is 5.56 Å². The zero-order valence-corrected chi connectivity index (χ0v) is 12.5. The minimum absolute atomic E-state index is 0.0452. The highest BCUT2D eigenvalue weighted by Crippen LogP contribution is 2.46. The first-order valence-electron chi connectivity index (χ1n) is 7.11. The molecule has 1 aromatic heterocycles. The fraction of sp³-hybridized carbons (Fsp3) is 0.571. The van der Waals surface area contributed by atoms with E-state index in [1.54, 1.807) is 0 Å². The van der Waals surface area contributed by atoms with Gasteiger partial charge >= 0.3 is 0 Å². The van der Waals surface area contributed by atoms with Crippen molar-refractivity contribution in [2.45, 2.75) is 38.6 Å². The van der Waals surface area contributed by atoms with Gasteiger partial charge in [0.25, 0.3) is 5.91 Å². The van der Waals surface area contributed by atoms with Crippen molar-refractivity contribution in [3.8, 4) is 0 Å². The van der Waals surface area contributed by atoms with E-state index in [9.17, 15) is 14.5 Å². The Bertz CT molecular complexity index is 621. The molecule has 0 spiro atoms. The fourth-order valence-electron chi connectivity index (χ4n) is 2.82. The first-order chi connectivity index (χ1) is 10.0. The zero-order valence-electron chi connectivity index (χ0n) is 11.7. The summed E-state index contributed by atoms with van der Waals surface area (Å²) < 4.78 is 0. The molecule has 112 valence electrons. The number of carbonyl (C=O) groups excluding carboxylic acids is 2. The quantitative estimate of drug-likeness (QED) is 0.836. The first kappa shape index (κ1) is 14.2. The molecule has 2 aliphatic rings. The number of nitrogens with two attached hydrogens (primary N) is 1. The largest absolute Gasteiger partial charge is 0.365 e. The summed E-state index contributed by atoms with van der Waals surface area (Å²) in [4.78, 5) is 35.6. The van der Waals surface area contributed by atoms with E-state index in [1.807, 2.05) is 6.92 Å². The van der Waals surface area contributed by atoms with Crippen LogP contribution in [0.4, 0.5) is 5.00 Å². The Morgan fingerprint density at radius 2 is 2.05 bits per heavy atom. The Labute approximate surface area is 126 Å². The Morgan fingerprint density at radius 1 is 1.33 bits per heavy atom. The Kier molecular flexibility index (Phi) is 3.52. The highest BCUT2D eigenvalue weighted by atomic mass is 32.1. The number of primary amides is 1. The van der Waals surface area contributed by atoms with Gasteiger partial charge in [0.2, 0.25) is 5.91 Å². The van der Waals surface area contributed by atoms with Crippen molar-refractivity contribution in [3.63, 3.8) is 0 Å². The van der Waals surface area contributed by atoms with Crippen molar-refractivity contribution in [1.82, 2.24) is 0 Å². The van der Waals surface area contributed by atoms with E-state index < -0.39 is 11.9 Å². The summed E-state index contributed by atoms with van der Waals surface area (Å²) in [5.74, 6) is -0.442. The van der Waals surface area contributed by atoms with Crippen molar-refractivity contribution in [1.29, 1.82) is 0 Å². The van der Waals surface area contributed by atoms with Gasteiger partial charge in [-0.2, -0.15) is 4.91 Å². The van der Waals surface area contributed by atoms with E-state index in [0.717, 1.165) is 29.7 Å². The topological polar surface area (TPSA) is 102 Å². The van der Waals surface area contributed by atoms with Crippen LogP contribution in [0.2, 0.25) is 0 Å². The maximum absolute atomic E-state index is 11.9. The average molecular weight is 307 g/mol. The normalized spacial score (nSPS) is 24.2. The zero-order chi connectivity index (χ0) is 15.1. The van der Waals surface area contributed by atoms with E-state index in [-0.39, 0.29) is 17.7 Å². The third-order valence-electron chi connectivity index (χ3n) is 4.24. The van der Waals surface area contributed by atoms with Gasteiger partial charge in [-0.05, 0) is 37.2 Å². The summed E-state index contributed by atoms with van der Waals surface area (Å²) in [6.07, 6.45) is 3.25. The molecule has 21 heavy (non-hydrogen) atoms. The number of hydrogen-bond donors (Lipinski definition) is 2. The Morgan fingerprint density at radius 3 is 2.62 bits per heavy atom. The van der Waals surface area contributed by atoms with Gasteiger partial charge in [0.1, 0.15) is 11.0 Å². The van der Waals surface area contributed by atoms with Gasteiger partial charge in [-0.1, -0.05) is 12.1 Å². The molecule has 6 nitrogen and oxygen atoms in total. The molecule has 0 saturated heterocycles. The third-order valence-corrected chi connectivity index (χ3v) is 5.46. The van der Waals surface area contributed by atoms with Crippen LogP contribution in [0.1, 0.15) is 53.0 Å². The Hall–Kier alpha value is -1.76. The predicted octanol–water partition coefficient (Wildman–Crippen LogP) is 2.59. The van der Waals surface area contributed by atoms with Gasteiger partial charge in [0, 0.05) is 10.8 Å². The SMILES string of the molecule is CC1CCc2c(sc(NC(=O)C3CC3)c2C(N)=O)C1N=O. The van der Waals surface area contributed by atoms with E-state index in [1.165, 1.54) is 11.3 Å². The smallest absolute Gasteiger partial charge is 0.251 e. The number of rotatable bonds is 4. The molecule has 0 bridgehead atoms. The number of amides is 2. The van der Waals surface area contributed by atoms with Crippen molar-refractivity contribution in [2.24, 2.45) is 22.7 Å². The summed E-state index contributed by atoms with van der Waals surface area (Å²) in [5, 5.41) is 6.49. The van der Waals surface area contributed by atoms with Gasteiger partial charge < -0.3 is 11.1 Å². The number of anilines is 1. The lowest BCUT2D eigenvalue weighted by molar-refractivity contribution is -0.117. The molecule has 0 radical (unpaired) electrons. The molecule has 2 amide bonds. The molecule has 0 aliphatic heterocycles. The maximum Gasteiger partial charge on any atom is 0.251 e. The lowest BCUT2D eigenvalue weighted by Crippen LogP contribution is -2.20. The van der Waals surface area contributed by atoms with Crippen LogP contribution in [0.25, 0.3) is 0 Å². The predicted molar refractivity (Wildman–Crippen MR) is 80.2 cm³/mol. The number of carbonyl (C=O) groups is 2. The monoisotopic (exact) mass is 307 g/mol. The first-order valence-corrected chi connectivity index (χ1v) is 7.93. The second-order valence-electron chi connectivity index (χ2n) is 5.84. The van der Waals surface area contributed by atoms with Crippen molar-refractivity contribution in [2.75, 3.05) is 5.32 Å². The molecule has 3 N–H and O–H groups in total. The van der Waals surface area contributed by atoms with Crippen molar-refractivity contribution >= 4 is 28.2 Å². The third kappa shape index (κ3) is 2.46. The van der Waals surface area contributed by atoms with E-state index in [2.05, 4.69) is 10.5 Å². The van der Waals surface area contributed by atoms with Gasteiger partial charge in [-0.15, -0.1) is 11.3 Å². The maximum atomic E-state index is 11.9. The standard InChI is InChI=1S/C14H17N3O3S/c1-6-2-5-8-9(12(15)18)14(16-13(19)7-3-4-7)21-11(8)10(6)17-20/h6-7,10H,2-5H2,1H3,(H2,15,18)(H,16,19). The summed E-state index contributed by atoms with van der Waals surface area (Å²) in [5.41, 5.74) is 6.64. The Balaban J connectivity index is 2.01. The number of nitrogens with zero attached hydrogens (tertiary/aromatic N) is 1. The molecule has 1 heterocycles. The highest BCUT2D eigenvalue weighted by Gasteiger charge is 2.36. The molecule has 1 saturated carbocycles. The number of thiophene rings is 1. The summed E-state index contributed by atoms with van der Waals surface area (Å²) in [7, 11) is 0. The minimum Gasteiger partial charge on any atom is -0.365 e. The average Bonchev–Trinajstić information content (AvgIpc) is 3.21. The van der Waals surface area contributed by atoms with Crippen molar-refractivity contribution < 1.29 is 9.59 Å². The van der Waals surface area contributed by atoms with Gasteiger partial charge in [-0.25, -0.2) is 0 Å². The second kappa shape index (κ2) is 5.22. The van der Waals surface area contributed by atoms with Crippen molar-refractivity contribution in [3.05, 3.63) is 20.9 Å². The van der Waals surface area contributed by atoms with Gasteiger partial charge in [0.15, 0.2) is 0 Å². The van der Waals surface area contributed by atoms with Crippen LogP contribution in [0, 0.1) is 16.7 Å². The molecular weight excluding hydrogens is 290 g/mol. The highest BCUT2D eigenvalue weighted by molar-refractivity contribution is 7.17. The summed E-state index contributed by atoms with van der Waals surface area (Å²) >= 11 is 1.27. The lowest BCUT2D eigenvalue weighted by Gasteiger charge is -2.23. The molecule has 1 fully saturated rings. The molecular formula is C14H17N3O3S. The number of nitroso groups, excluding NO2 is 1. The second-order valence-corrected chi connectivity index (χ2v) is 6.90. The molecule has 3 rings (SSSR count). The minimum atomic E-state index is -0.558. The van der Waals surface area contributed by atoms with Crippen LogP contribution >= 0.6 is 11.3 Å². The lowest BCUT2D eigenvalue weighted by atomic mass is 9.84. The number of nitrogens with one attached hydrogen (secondary N) is 1. The van der Waals surface area contributed by atoms with E-state index in [4.69, 9.17) is 5.73 Å². The number of hydrogen-bond acceptors (Lipinski definition) is 5. The molecule has 2 atom stereocenters. The van der Waals surface area contributed by atoms with Crippen LogP contribution in [0.3, 0.4) is 0 Å². The van der Waals surface area contributed by atoms with Gasteiger partial charge in [-0.3, -0.25) is 9.59 Å². The molecule has 2 unspecified atom stereocenters. The number of fused-ring (bicyclic) bond motifs is 1. The van der Waals surface area contributed by atoms with E-state index in [0.29, 0.717) is 17.0 Å². The molecule has 7 heteroatoms.